The van der Waals surface area contributed by atoms with Crippen LogP contribution in [-0.2, 0) is 19.1 Å². The van der Waals surface area contributed by atoms with Crippen LogP contribution in [0.15, 0.2) is 36.4 Å². The first kappa shape index (κ1) is 25.8. The summed E-state index contributed by atoms with van der Waals surface area (Å²) in [5.41, 5.74) is 5.43. The molecule has 3 amide bonds. The molecule has 1 heterocycles. The van der Waals surface area contributed by atoms with E-state index >= 15 is 0 Å². The summed E-state index contributed by atoms with van der Waals surface area (Å²) >= 11 is 0. The number of unbranched alkanes of at least 4 members (excludes halogenated alkanes) is 2. The van der Waals surface area contributed by atoms with Crippen molar-refractivity contribution in [2.24, 2.45) is 5.73 Å². The second-order valence-electron chi connectivity index (χ2n) is 7.17. The van der Waals surface area contributed by atoms with Crippen LogP contribution < -0.4 is 15.8 Å². The lowest BCUT2D eigenvalue weighted by molar-refractivity contribution is -0.131. The lowest BCUT2D eigenvalue weighted by Gasteiger charge is -2.20. The number of ether oxygens (including phenoxy) is 3. The predicted molar refractivity (Wildman–Crippen MR) is 116 cm³/mol. The molecule has 11 nitrogen and oxygen atoms in total. The van der Waals surface area contributed by atoms with Crippen molar-refractivity contribution < 1.29 is 38.5 Å². The van der Waals surface area contributed by atoms with E-state index in [-0.39, 0.29) is 37.4 Å². The zero-order chi connectivity index (χ0) is 24.1. The molecule has 1 aromatic rings. The monoisotopic (exact) mass is 463 g/mol. The molecule has 1 aliphatic heterocycles. The molecular formula is C22H29N3O8. The van der Waals surface area contributed by atoms with Gasteiger partial charge in [-0.05, 0) is 43.2 Å². The van der Waals surface area contributed by atoms with Crippen LogP contribution in [0.25, 0.3) is 0 Å². The van der Waals surface area contributed by atoms with Crippen molar-refractivity contribution in [3.05, 3.63) is 42.0 Å². The van der Waals surface area contributed by atoms with Gasteiger partial charge in [0.25, 0.3) is 0 Å². The van der Waals surface area contributed by atoms with Gasteiger partial charge in [0.2, 0.25) is 17.7 Å². The summed E-state index contributed by atoms with van der Waals surface area (Å²) in [6.45, 7) is 1.17. The minimum Gasteiger partial charge on any atom is -0.432 e. The third-order valence-corrected chi connectivity index (χ3v) is 4.67. The topological polar surface area (TPSA) is 157 Å². The number of nitrogens with two attached hydrogens (primary N) is 1. The minimum atomic E-state index is -0.904. The van der Waals surface area contributed by atoms with E-state index in [1.165, 1.54) is 41.3 Å². The van der Waals surface area contributed by atoms with Crippen LogP contribution in [-0.4, -0.2) is 73.0 Å². The van der Waals surface area contributed by atoms with Crippen LogP contribution in [0.3, 0.4) is 0 Å². The molecule has 1 aromatic carbocycles. The Labute approximate surface area is 191 Å². The number of aliphatic hydroxyl groups excluding tert-OH is 1. The molecule has 0 spiro atoms. The average Bonchev–Trinajstić information content (AvgIpc) is 3.10. The number of benzene rings is 1. The van der Waals surface area contributed by atoms with Gasteiger partial charge < -0.3 is 35.3 Å². The predicted octanol–water partition coefficient (Wildman–Crippen LogP) is 0.711. The molecule has 0 saturated heterocycles. The van der Waals surface area contributed by atoms with Crippen molar-refractivity contribution in [2.45, 2.75) is 31.9 Å². The summed E-state index contributed by atoms with van der Waals surface area (Å²) in [5.74, 6) is -0.657. The number of nitrogens with zero attached hydrogens (tertiary/aromatic N) is 1. The minimum absolute atomic E-state index is 0.0180. The summed E-state index contributed by atoms with van der Waals surface area (Å²) < 4.78 is 15.1. The highest BCUT2D eigenvalue weighted by atomic mass is 16.7. The lowest BCUT2D eigenvalue weighted by atomic mass is 10.2. The van der Waals surface area contributed by atoms with Crippen LogP contribution in [0.1, 0.15) is 36.0 Å². The molecular weight excluding hydrogens is 434 g/mol. The standard InChI is InChI=1S/C22H29N3O8/c23-21(29)16-5-7-17(8-6-16)33-22(30)32-15-14-31-13-11-24-18(26)4-2-1-3-12-25-19(27)9-10-20(25)28/h5-10,19,27H,1-4,11-15H2,(H2,23,29)(H,24,26). The van der Waals surface area contributed by atoms with E-state index in [0.29, 0.717) is 37.9 Å². The number of carbonyl (C=O) groups excluding carboxylic acids is 4. The highest BCUT2D eigenvalue weighted by Gasteiger charge is 2.22. The highest BCUT2D eigenvalue weighted by molar-refractivity contribution is 5.92. The third-order valence-electron chi connectivity index (χ3n) is 4.67. The molecule has 180 valence electrons. The normalized spacial score (nSPS) is 14.9. The fourth-order valence-corrected chi connectivity index (χ4v) is 2.94. The molecule has 33 heavy (non-hydrogen) atoms. The highest BCUT2D eigenvalue weighted by Crippen LogP contribution is 2.13. The molecule has 1 unspecified atom stereocenters. The first-order valence-electron chi connectivity index (χ1n) is 10.6. The molecule has 0 saturated carbocycles. The van der Waals surface area contributed by atoms with Gasteiger partial charge in [0, 0.05) is 31.1 Å². The number of hydrogen-bond acceptors (Lipinski definition) is 8. The van der Waals surface area contributed by atoms with Crippen LogP contribution in [0.5, 0.6) is 5.75 Å². The van der Waals surface area contributed by atoms with Gasteiger partial charge in [0.15, 0.2) is 0 Å². The Morgan fingerprint density at radius 3 is 2.48 bits per heavy atom. The van der Waals surface area contributed by atoms with Crippen LogP contribution in [0.4, 0.5) is 4.79 Å². The number of primary amides is 1. The van der Waals surface area contributed by atoms with E-state index in [0.717, 1.165) is 6.42 Å². The van der Waals surface area contributed by atoms with Crippen molar-refractivity contribution in [3.8, 4) is 5.75 Å². The summed E-state index contributed by atoms with van der Waals surface area (Å²) in [4.78, 5) is 47.2. The molecule has 0 radical (unpaired) electrons. The first-order valence-corrected chi connectivity index (χ1v) is 10.6. The third kappa shape index (κ3) is 9.71. The van der Waals surface area contributed by atoms with Crippen LogP contribution >= 0.6 is 0 Å². The fraction of sp³-hybridized carbons (Fsp3) is 0.455. The van der Waals surface area contributed by atoms with Gasteiger partial charge in [-0.2, -0.15) is 0 Å². The molecule has 0 aromatic heterocycles. The summed E-state index contributed by atoms with van der Waals surface area (Å²) in [7, 11) is 0. The summed E-state index contributed by atoms with van der Waals surface area (Å²) in [6.07, 6.45) is 3.57. The summed E-state index contributed by atoms with van der Waals surface area (Å²) in [6, 6.07) is 5.72. The van der Waals surface area contributed by atoms with Crippen molar-refractivity contribution in [2.75, 3.05) is 32.9 Å². The largest absolute Gasteiger partial charge is 0.513 e. The van der Waals surface area contributed by atoms with E-state index in [2.05, 4.69) is 5.32 Å². The SMILES string of the molecule is NC(=O)c1ccc(OC(=O)OCCOCCNC(=O)CCCCCN2C(=O)C=CC2O)cc1. The Hall–Kier alpha value is -3.44. The van der Waals surface area contributed by atoms with Crippen LogP contribution in [0, 0.1) is 0 Å². The van der Waals surface area contributed by atoms with Gasteiger partial charge in [0.1, 0.15) is 18.6 Å². The van der Waals surface area contributed by atoms with Crippen molar-refractivity contribution in [3.63, 3.8) is 0 Å². The van der Waals surface area contributed by atoms with Crippen molar-refractivity contribution >= 4 is 23.9 Å². The van der Waals surface area contributed by atoms with E-state index in [1.54, 1.807) is 0 Å². The van der Waals surface area contributed by atoms with Crippen LogP contribution in [0.2, 0.25) is 0 Å². The number of carbonyl (C=O) groups is 4. The first-order chi connectivity index (χ1) is 15.9. The number of rotatable bonds is 14. The number of aliphatic hydroxyl groups is 1. The Morgan fingerprint density at radius 2 is 1.82 bits per heavy atom. The maximum Gasteiger partial charge on any atom is 0.513 e. The lowest BCUT2D eigenvalue weighted by Crippen LogP contribution is -2.34. The van der Waals surface area contributed by atoms with Crippen molar-refractivity contribution in [1.82, 2.24) is 10.2 Å². The number of nitrogens with one attached hydrogen (secondary N) is 1. The molecule has 0 fully saturated rings. The smallest absolute Gasteiger partial charge is 0.432 e. The zero-order valence-electron chi connectivity index (χ0n) is 18.2. The maximum atomic E-state index is 11.8. The van der Waals surface area contributed by atoms with Gasteiger partial charge in [-0.15, -0.1) is 0 Å². The second-order valence-corrected chi connectivity index (χ2v) is 7.17. The molecule has 1 aliphatic rings. The Balaban J connectivity index is 1.41. The molecule has 2 rings (SSSR count). The fourth-order valence-electron chi connectivity index (χ4n) is 2.94. The van der Waals surface area contributed by atoms with E-state index < -0.39 is 18.3 Å². The molecule has 0 bridgehead atoms. The van der Waals surface area contributed by atoms with Gasteiger partial charge in [-0.3, -0.25) is 14.4 Å². The Bertz CT molecular complexity index is 841. The molecule has 1 atom stereocenters. The van der Waals surface area contributed by atoms with Gasteiger partial charge >= 0.3 is 6.16 Å². The Kier molecular flexibility index (Phi) is 10.8. The van der Waals surface area contributed by atoms with Gasteiger partial charge in [0.05, 0.1) is 13.2 Å². The summed E-state index contributed by atoms with van der Waals surface area (Å²) in [5, 5.41) is 12.3. The quantitative estimate of drug-likeness (QED) is 0.207. The van der Waals surface area contributed by atoms with Gasteiger partial charge in [-0.1, -0.05) is 6.42 Å². The van der Waals surface area contributed by atoms with Crippen molar-refractivity contribution in [1.29, 1.82) is 0 Å². The molecule has 0 aliphatic carbocycles. The second kappa shape index (κ2) is 13.9. The number of amides is 3. The van der Waals surface area contributed by atoms with E-state index in [9.17, 15) is 24.3 Å². The molecule has 4 N–H and O–H groups in total. The van der Waals surface area contributed by atoms with E-state index in [1.807, 2.05) is 0 Å². The number of hydrogen-bond donors (Lipinski definition) is 3. The maximum absolute atomic E-state index is 11.8. The zero-order valence-corrected chi connectivity index (χ0v) is 18.2. The van der Waals surface area contributed by atoms with Gasteiger partial charge in [-0.25, -0.2) is 4.79 Å². The average molecular weight is 463 g/mol. The van der Waals surface area contributed by atoms with E-state index in [4.69, 9.17) is 19.9 Å². The molecule has 11 heteroatoms. The Morgan fingerprint density at radius 1 is 1.06 bits per heavy atom.